The largest absolute Gasteiger partial charge is 0.508 e. The molecule has 1 nitrogen and oxygen atoms in total. The Bertz CT molecular complexity index is 448. The Kier molecular flexibility index (Phi) is 2.95. The fourth-order valence-corrected chi connectivity index (χ4v) is 4.05. The average Bonchev–Trinajstić information content (AvgIpc) is 2.47. The second-order valence-corrected chi connectivity index (χ2v) is 6.53. The highest BCUT2D eigenvalue weighted by atomic mass is 79.9. The van der Waals surface area contributed by atoms with E-state index in [2.05, 4.69) is 37.9 Å². The first kappa shape index (κ1) is 10.2. The van der Waals surface area contributed by atoms with E-state index in [1.165, 1.54) is 0 Å². The van der Waals surface area contributed by atoms with Crippen molar-refractivity contribution in [2.24, 2.45) is 0 Å². The number of rotatable bonds is 1. The average molecular weight is 334 g/mol. The molecule has 1 aromatic carbocycles. The molecule has 14 heavy (non-hydrogen) atoms. The molecule has 2 rings (SSSR count). The molecule has 1 heterocycles. The molecule has 0 saturated heterocycles. The lowest BCUT2D eigenvalue weighted by molar-refractivity contribution is 0.475. The highest BCUT2D eigenvalue weighted by molar-refractivity contribution is 9.12. The zero-order chi connectivity index (χ0) is 10.1. The lowest BCUT2D eigenvalue weighted by Gasteiger charge is -1.98. The van der Waals surface area contributed by atoms with Gasteiger partial charge in [0.05, 0.1) is 7.57 Å². The maximum absolute atomic E-state index is 9.16. The SMILES string of the molecule is Oc1ccc(-c2cc(Br)sc2Br)cc1. The van der Waals surface area contributed by atoms with Crippen molar-refractivity contribution in [2.75, 3.05) is 0 Å². The van der Waals surface area contributed by atoms with Crippen LogP contribution in [0.15, 0.2) is 37.9 Å². The van der Waals surface area contributed by atoms with Crippen molar-refractivity contribution in [3.8, 4) is 16.9 Å². The second-order valence-electron chi connectivity index (χ2n) is 2.78. The molecule has 0 aliphatic rings. The van der Waals surface area contributed by atoms with Crippen LogP contribution < -0.4 is 0 Å². The van der Waals surface area contributed by atoms with E-state index in [4.69, 9.17) is 5.11 Å². The van der Waals surface area contributed by atoms with Gasteiger partial charge in [0, 0.05) is 5.56 Å². The summed E-state index contributed by atoms with van der Waals surface area (Å²) in [6.45, 7) is 0. The Hall–Kier alpha value is -0.320. The summed E-state index contributed by atoms with van der Waals surface area (Å²) in [4.78, 5) is 0. The minimum atomic E-state index is 0.291. The number of hydrogen-bond donors (Lipinski definition) is 1. The van der Waals surface area contributed by atoms with Crippen molar-refractivity contribution in [3.63, 3.8) is 0 Å². The number of thiophene rings is 1. The van der Waals surface area contributed by atoms with Gasteiger partial charge < -0.3 is 5.11 Å². The summed E-state index contributed by atoms with van der Waals surface area (Å²) >= 11 is 8.57. The summed E-state index contributed by atoms with van der Waals surface area (Å²) in [5.41, 5.74) is 2.23. The van der Waals surface area contributed by atoms with Gasteiger partial charge in [0.2, 0.25) is 0 Å². The lowest BCUT2D eigenvalue weighted by Crippen LogP contribution is -1.73. The van der Waals surface area contributed by atoms with Crippen LogP contribution >= 0.6 is 43.2 Å². The molecule has 4 heteroatoms. The molecular formula is C10H6Br2OS. The first-order chi connectivity index (χ1) is 6.66. The van der Waals surface area contributed by atoms with E-state index in [-0.39, 0.29) is 0 Å². The van der Waals surface area contributed by atoms with Gasteiger partial charge in [0.1, 0.15) is 5.75 Å². The quantitative estimate of drug-likeness (QED) is 0.805. The van der Waals surface area contributed by atoms with Crippen molar-refractivity contribution in [1.82, 2.24) is 0 Å². The molecule has 2 aromatic rings. The minimum absolute atomic E-state index is 0.291. The van der Waals surface area contributed by atoms with Crippen LogP contribution in [0.1, 0.15) is 0 Å². The Morgan fingerprint density at radius 2 is 1.71 bits per heavy atom. The third-order valence-electron chi connectivity index (χ3n) is 1.83. The minimum Gasteiger partial charge on any atom is -0.508 e. The van der Waals surface area contributed by atoms with Crippen molar-refractivity contribution in [1.29, 1.82) is 0 Å². The van der Waals surface area contributed by atoms with Crippen LogP contribution in [-0.2, 0) is 0 Å². The molecule has 0 bridgehead atoms. The van der Waals surface area contributed by atoms with Gasteiger partial charge in [0.15, 0.2) is 0 Å². The number of halogens is 2. The van der Waals surface area contributed by atoms with Crippen LogP contribution in [0, 0.1) is 0 Å². The second kappa shape index (κ2) is 4.04. The van der Waals surface area contributed by atoms with Crippen molar-refractivity contribution < 1.29 is 5.11 Å². The summed E-state index contributed by atoms with van der Waals surface area (Å²) in [5.74, 6) is 0.291. The molecule has 0 spiro atoms. The standard InChI is InChI=1S/C10H6Br2OS/c11-9-5-8(10(12)14-9)6-1-3-7(13)4-2-6/h1-5,13H. The van der Waals surface area contributed by atoms with Crippen LogP contribution in [0.3, 0.4) is 0 Å². The van der Waals surface area contributed by atoms with E-state index in [9.17, 15) is 0 Å². The topological polar surface area (TPSA) is 20.2 Å². The van der Waals surface area contributed by atoms with E-state index in [0.29, 0.717) is 5.75 Å². The molecule has 0 fully saturated rings. The van der Waals surface area contributed by atoms with E-state index >= 15 is 0 Å². The molecule has 0 unspecified atom stereocenters. The summed E-state index contributed by atoms with van der Waals surface area (Å²) in [6.07, 6.45) is 0. The fourth-order valence-electron chi connectivity index (χ4n) is 1.18. The summed E-state index contributed by atoms with van der Waals surface area (Å²) in [5, 5.41) is 9.16. The predicted octanol–water partition coefficient (Wildman–Crippen LogP) is 4.65. The van der Waals surface area contributed by atoms with E-state index in [1.54, 1.807) is 23.5 Å². The lowest BCUT2D eigenvalue weighted by atomic mass is 10.1. The Morgan fingerprint density at radius 1 is 1.07 bits per heavy atom. The van der Waals surface area contributed by atoms with E-state index in [0.717, 1.165) is 18.7 Å². The fraction of sp³-hybridized carbons (Fsp3) is 0. The maximum Gasteiger partial charge on any atom is 0.115 e. The van der Waals surface area contributed by atoms with Crippen LogP contribution in [0.4, 0.5) is 0 Å². The van der Waals surface area contributed by atoms with Crippen molar-refractivity contribution in [2.45, 2.75) is 0 Å². The van der Waals surface area contributed by atoms with E-state index < -0.39 is 0 Å². The van der Waals surface area contributed by atoms with Gasteiger partial charge in [0.25, 0.3) is 0 Å². The first-order valence-electron chi connectivity index (χ1n) is 3.91. The normalized spacial score (nSPS) is 10.4. The molecule has 0 radical (unpaired) electrons. The highest BCUT2D eigenvalue weighted by Crippen LogP contribution is 2.38. The molecule has 1 aromatic heterocycles. The summed E-state index contributed by atoms with van der Waals surface area (Å²) in [6, 6.07) is 9.23. The van der Waals surface area contributed by atoms with Gasteiger partial charge in [-0.3, -0.25) is 0 Å². The van der Waals surface area contributed by atoms with Crippen molar-refractivity contribution in [3.05, 3.63) is 37.9 Å². The smallest absolute Gasteiger partial charge is 0.115 e. The van der Waals surface area contributed by atoms with Crippen LogP contribution in [0.5, 0.6) is 5.75 Å². The highest BCUT2D eigenvalue weighted by Gasteiger charge is 2.06. The first-order valence-corrected chi connectivity index (χ1v) is 6.31. The predicted molar refractivity (Wildman–Crippen MR) is 66.8 cm³/mol. The number of phenols is 1. The maximum atomic E-state index is 9.16. The van der Waals surface area contributed by atoms with Crippen LogP contribution in [-0.4, -0.2) is 5.11 Å². The van der Waals surface area contributed by atoms with Gasteiger partial charge in [-0.2, -0.15) is 0 Å². The van der Waals surface area contributed by atoms with Crippen LogP contribution in [0.2, 0.25) is 0 Å². The van der Waals surface area contributed by atoms with Crippen molar-refractivity contribution >= 4 is 43.2 Å². The van der Waals surface area contributed by atoms with Gasteiger partial charge in [-0.05, 0) is 55.6 Å². The molecule has 0 saturated carbocycles. The molecule has 0 aliphatic carbocycles. The Morgan fingerprint density at radius 3 is 2.21 bits per heavy atom. The summed E-state index contributed by atoms with van der Waals surface area (Å²) in [7, 11) is 0. The molecule has 72 valence electrons. The van der Waals surface area contributed by atoms with Gasteiger partial charge in [-0.15, -0.1) is 11.3 Å². The Labute approximate surface area is 103 Å². The van der Waals surface area contributed by atoms with Gasteiger partial charge >= 0.3 is 0 Å². The third kappa shape index (κ3) is 2.02. The number of hydrogen-bond acceptors (Lipinski definition) is 2. The number of benzene rings is 1. The molecule has 0 aliphatic heterocycles. The zero-order valence-corrected chi connectivity index (χ0v) is 11.0. The molecular weight excluding hydrogens is 328 g/mol. The van der Waals surface area contributed by atoms with Crippen LogP contribution in [0.25, 0.3) is 11.1 Å². The molecule has 0 amide bonds. The van der Waals surface area contributed by atoms with E-state index in [1.807, 2.05) is 12.1 Å². The molecule has 0 atom stereocenters. The molecule has 1 N–H and O–H groups in total. The zero-order valence-electron chi connectivity index (χ0n) is 7.00. The summed E-state index contributed by atoms with van der Waals surface area (Å²) < 4.78 is 2.18. The van der Waals surface area contributed by atoms with Gasteiger partial charge in [-0.1, -0.05) is 12.1 Å². The number of aromatic hydroxyl groups is 1. The third-order valence-corrected chi connectivity index (χ3v) is 4.17. The van der Waals surface area contributed by atoms with Gasteiger partial charge in [-0.25, -0.2) is 0 Å². The number of phenolic OH excluding ortho intramolecular Hbond substituents is 1. The monoisotopic (exact) mass is 332 g/mol. The Balaban J connectivity index is 2.49.